The summed E-state index contributed by atoms with van der Waals surface area (Å²) >= 11 is 1.58. The minimum absolute atomic E-state index is 0.0469. The molecule has 0 aliphatic carbocycles. The molecule has 0 fully saturated rings. The zero-order valence-electron chi connectivity index (χ0n) is 13.9. The minimum atomic E-state index is -0.253. The zero-order chi connectivity index (χ0) is 17.3. The number of nitrogens with one attached hydrogen (secondary N) is 1. The molecule has 0 saturated heterocycles. The number of imidazole rings is 1. The summed E-state index contributed by atoms with van der Waals surface area (Å²) in [5, 5.41) is 2.82. The maximum absolute atomic E-state index is 12.8. The van der Waals surface area contributed by atoms with Gasteiger partial charge in [-0.05, 0) is 24.1 Å². The third-order valence-corrected chi connectivity index (χ3v) is 5.06. The number of thioether (sulfide) groups is 1. The Morgan fingerprint density at radius 3 is 2.48 bits per heavy atom. The van der Waals surface area contributed by atoms with Gasteiger partial charge in [-0.1, -0.05) is 48.5 Å². The highest BCUT2D eigenvalue weighted by molar-refractivity contribution is 8.00. The van der Waals surface area contributed by atoms with E-state index in [-0.39, 0.29) is 11.2 Å². The second-order valence-corrected chi connectivity index (χ2v) is 6.85. The van der Waals surface area contributed by atoms with Gasteiger partial charge in [-0.15, -0.1) is 11.8 Å². The summed E-state index contributed by atoms with van der Waals surface area (Å²) in [7, 11) is 0. The lowest BCUT2D eigenvalue weighted by Gasteiger charge is -2.17. The molecule has 5 heteroatoms. The van der Waals surface area contributed by atoms with Crippen molar-refractivity contribution in [3.05, 3.63) is 84.9 Å². The van der Waals surface area contributed by atoms with Crippen LogP contribution in [-0.4, -0.2) is 22.0 Å². The molecule has 1 aromatic heterocycles. The summed E-state index contributed by atoms with van der Waals surface area (Å²) < 4.78 is 2.01. The number of hydrogen-bond acceptors (Lipinski definition) is 3. The average molecular weight is 351 g/mol. The molecule has 128 valence electrons. The number of amides is 1. The van der Waals surface area contributed by atoms with Gasteiger partial charge in [0.2, 0.25) is 5.91 Å². The Balaban J connectivity index is 1.60. The van der Waals surface area contributed by atoms with Crippen molar-refractivity contribution < 1.29 is 4.79 Å². The van der Waals surface area contributed by atoms with E-state index in [1.807, 2.05) is 71.4 Å². The first-order valence-corrected chi connectivity index (χ1v) is 9.21. The minimum Gasteiger partial charge on any atom is -0.355 e. The summed E-state index contributed by atoms with van der Waals surface area (Å²) in [5.74, 6) is 0.0469. The summed E-state index contributed by atoms with van der Waals surface area (Å²) in [4.78, 5) is 17.9. The van der Waals surface area contributed by atoms with Crippen LogP contribution in [0, 0.1) is 0 Å². The number of aromatic nitrogens is 2. The van der Waals surface area contributed by atoms with E-state index < -0.39 is 0 Å². The molecule has 3 aromatic rings. The van der Waals surface area contributed by atoms with Crippen LogP contribution in [0.4, 0.5) is 0 Å². The maximum atomic E-state index is 12.8. The van der Waals surface area contributed by atoms with Gasteiger partial charge in [0.1, 0.15) is 5.25 Å². The van der Waals surface area contributed by atoms with E-state index in [0.29, 0.717) is 6.54 Å². The molecular formula is C20H21N3OS. The summed E-state index contributed by atoms with van der Waals surface area (Å²) in [6.07, 6.45) is 6.36. The summed E-state index contributed by atoms with van der Waals surface area (Å²) in [6.45, 7) is 1.50. The van der Waals surface area contributed by atoms with Gasteiger partial charge >= 0.3 is 0 Å². The second-order valence-electron chi connectivity index (χ2n) is 5.67. The van der Waals surface area contributed by atoms with Crippen LogP contribution < -0.4 is 5.32 Å². The quantitative estimate of drug-likeness (QED) is 0.494. The lowest BCUT2D eigenvalue weighted by atomic mass is 10.1. The molecule has 2 aromatic carbocycles. The third-order valence-electron chi connectivity index (χ3n) is 3.79. The normalized spacial score (nSPS) is 11.8. The Hall–Kier alpha value is -2.53. The SMILES string of the molecule is O=C(NCCCn1ccnc1)[C@@H](Sc1ccccc1)c1ccccc1. The molecule has 1 atom stereocenters. The maximum Gasteiger partial charge on any atom is 0.237 e. The summed E-state index contributed by atoms with van der Waals surface area (Å²) in [5.41, 5.74) is 1.02. The number of nitrogens with zero attached hydrogens (tertiary/aromatic N) is 2. The zero-order valence-corrected chi connectivity index (χ0v) is 14.7. The Kier molecular flexibility index (Phi) is 6.29. The largest absolute Gasteiger partial charge is 0.355 e. The molecule has 1 heterocycles. The average Bonchev–Trinajstić information content (AvgIpc) is 3.18. The fourth-order valence-electron chi connectivity index (χ4n) is 2.52. The molecule has 0 radical (unpaired) electrons. The first-order chi connectivity index (χ1) is 12.3. The molecular weight excluding hydrogens is 330 g/mol. The van der Waals surface area contributed by atoms with E-state index in [1.54, 1.807) is 24.3 Å². The van der Waals surface area contributed by atoms with E-state index >= 15 is 0 Å². The predicted octanol–water partition coefficient (Wildman–Crippen LogP) is 3.92. The van der Waals surface area contributed by atoms with Gasteiger partial charge < -0.3 is 9.88 Å². The first-order valence-electron chi connectivity index (χ1n) is 8.33. The number of aryl methyl sites for hydroxylation is 1. The van der Waals surface area contributed by atoms with E-state index in [0.717, 1.165) is 23.4 Å². The van der Waals surface area contributed by atoms with Crippen LogP contribution in [-0.2, 0) is 11.3 Å². The lowest BCUT2D eigenvalue weighted by molar-refractivity contribution is -0.120. The smallest absolute Gasteiger partial charge is 0.237 e. The van der Waals surface area contributed by atoms with E-state index in [4.69, 9.17) is 0 Å². The fraction of sp³-hybridized carbons (Fsp3) is 0.200. The Labute approximate surface area is 152 Å². The number of carbonyl (C=O) groups excluding carboxylic acids is 1. The third kappa shape index (κ3) is 5.22. The Bertz CT molecular complexity index is 760. The van der Waals surface area contributed by atoms with Crippen molar-refractivity contribution in [1.29, 1.82) is 0 Å². The van der Waals surface area contributed by atoms with Crippen LogP contribution in [0.25, 0.3) is 0 Å². The topological polar surface area (TPSA) is 46.9 Å². The van der Waals surface area contributed by atoms with Crippen molar-refractivity contribution in [3.63, 3.8) is 0 Å². The highest BCUT2D eigenvalue weighted by Crippen LogP contribution is 2.35. The molecule has 0 spiro atoms. The monoisotopic (exact) mass is 351 g/mol. The van der Waals surface area contributed by atoms with Gasteiger partial charge in [-0.2, -0.15) is 0 Å². The van der Waals surface area contributed by atoms with Gasteiger partial charge in [-0.25, -0.2) is 4.98 Å². The van der Waals surface area contributed by atoms with Gasteiger partial charge in [-0.3, -0.25) is 4.79 Å². The van der Waals surface area contributed by atoms with Crippen LogP contribution in [0.5, 0.6) is 0 Å². The molecule has 0 bridgehead atoms. The molecule has 0 aliphatic heterocycles. The molecule has 1 N–H and O–H groups in total. The molecule has 4 nitrogen and oxygen atoms in total. The molecule has 0 aliphatic rings. The summed E-state index contributed by atoms with van der Waals surface area (Å²) in [6, 6.07) is 20.0. The van der Waals surface area contributed by atoms with Crippen molar-refractivity contribution in [2.75, 3.05) is 6.54 Å². The Morgan fingerprint density at radius 2 is 1.80 bits per heavy atom. The van der Waals surface area contributed by atoms with Crippen molar-refractivity contribution in [2.45, 2.75) is 23.1 Å². The van der Waals surface area contributed by atoms with Gasteiger partial charge in [0.15, 0.2) is 0 Å². The van der Waals surface area contributed by atoms with E-state index in [2.05, 4.69) is 10.3 Å². The van der Waals surface area contributed by atoms with Gasteiger partial charge in [0.05, 0.1) is 6.33 Å². The van der Waals surface area contributed by atoms with Crippen molar-refractivity contribution >= 4 is 17.7 Å². The van der Waals surface area contributed by atoms with E-state index in [1.165, 1.54) is 0 Å². The number of rotatable bonds is 8. The number of hydrogen-bond donors (Lipinski definition) is 1. The predicted molar refractivity (Wildman–Crippen MR) is 101 cm³/mol. The highest BCUT2D eigenvalue weighted by Gasteiger charge is 2.21. The lowest BCUT2D eigenvalue weighted by Crippen LogP contribution is -2.29. The van der Waals surface area contributed by atoms with Crippen LogP contribution in [0.15, 0.2) is 84.3 Å². The van der Waals surface area contributed by atoms with Crippen LogP contribution in [0.1, 0.15) is 17.2 Å². The van der Waals surface area contributed by atoms with Crippen molar-refractivity contribution in [3.8, 4) is 0 Å². The van der Waals surface area contributed by atoms with Crippen molar-refractivity contribution in [2.24, 2.45) is 0 Å². The molecule has 0 unspecified atom stereocenters. The van der Waals surface area contributed by atoms with Crippen molar-refractivity contribution in [1.82, 2.24) is 14.9 Å². The molecule has 0 saturated carbocycles. The van der Waals surface area contributed by atoms with Crippen LogP contribution in [0.2, 0.25) is 0 Å². The van der Waals surface area contributed by atoms with E-state index in [9.17, 15) is 4.79 Å². The number of benzene rings is 2. The fourth-order valence-corrected chi connectivity index (χ4v) is 3.59. The standard InChI is InChI=1S/C20H21N3OS/c24-20(22-12-7-14-23-15-13-21-16-23)19(17-8-3-1-4-9-17)25-18-10-5-2-6-11-18/h1-6,8-11,13,15-16,19H,7,12,14H2,(H,22,24)/t19-/m0/s1. The molecule has 25 heavy (non-hydrogen) atoms. The first kappa shape index (κ1) is 17.3. The second kappa shape index (κ2) is 9.08. The van der Waals surface area contributed by atoms with Crippen LogP contribution >= 0.6 is 11.8 Å². The van der Waals surface area contributed by atoms with Gasteiger partial charge in [0, 0.05) is 30.4 Å². The van der Waals surface area contributed by atoms with Crippen LogP contribution in [0.3, 0.4) is 0 Å². The molecule has 3 rings (SSSR count). The highest BCUT2D eigenvalue weighted by atomic mass is 32.2. The Morgan fingerprint density at radius 1 is 1.08 bits per heavy atom. The molecule has 1 amide bonds. The van der Waals surface area contributed by atoms with Gasteiger partial charge in [0.25, 0.3) is 0 Å². The number of carbonyl (C=O) groups is 1.